The molecule has 1 N–H and O–H groups in total. The zero-order valence-corrected chi connectivity index (χ0v) is 15.7. The fourth-order valence-corrected chi connectivity index (χ4v) is 4.55. The molecule has 0 saturated heterocycles. The van der Waals surface area contributed by atoms with Crippen molar-refractivity contribution >= 4 is 44.4 Å². The number of hydrogen-bond donors (Lipinski definition) is 1. The van der Waals surface area contributed by atoms with E-state index in [9.17, 15) is 9.59 Å². The Kier molecular flexibility index (Phi) is 3.08. The predicted octanol–water partition coefficient (Wildman–Crippen LogP) is 5.37. The van der Waals surface area contributed by atoms with Crippen molar-refractivity contribution in [2.45, 2.75) is 0 Å². The molecular weight excluding hydrogens is 360 g/mol. The van der Waals surface area contributed by atoms with Crippen molar-refractivity contribution < 1.29 is 9.59 Å². The van der Waals surface area contributed by atoms with Gasteiger partial charge in [-0.15, -0.1) is 0 Å². The van der Waals surface area contributed by atoms with Gasteiger partial charge in [0.25, 0.3) is 11.8 Å². The van der Waals surface area contributed by atoms with Gasteiger partial charge < -0.3 is 4.98 Å². The summed E-state index contributed by atoms with van der Waals surface area (Å²) in [6.45, 7) is 0. The lowest BCUT2D eigenvalue weighted by molar-refractivity contribution is 0.0650. The number of rotatable bonds is 1. The lowest BCUT2D eigenvalue weighted by atomic mass is 9.89. The first kappa shape index (κ1) is 16.1. The topological polar surface area (TPSA) is 53.2 Å². The van der Waals surface area contributed by atoms with Crippen LogP contribution in [0.5, 0.6) is 0 Å². The number of benzene rings is 4. The van der Waals surface area contributed by atoms with Gasteiger partial charge in [0, 0.05) is 45.4 Å². The van der Waals surface area contributed by atoms with Gasteiger partial charge in [-0.05, 0) is 29.1 Å². The molecular formula is C25H16N2O2. The third kappa shape index (κ3) is 2.03. The zero-order chi connectivity index (χ0) is 19.7. The molecule has 5 aromatic rings. The van der Waals surface area contributed by atoms with Crippen LogP contribution in [0.15, 0.2) is 72.8 Å². The highest BCUT2D eigenvalue weighted by atomic mass is 16.2. The smallest absolute Gasteiger partial charge is 0.261 e. The molecule has 1 aromatic heterocycles. The van der Waals surface area contributed by atoms with E-state index in [0.29, 0.717) is 11.1 Å². The van der Waals surface area contributed by atoms with Crippen LogP contribution in [0, 0.1) is 0 Å². The molecule has 1 aliphatic rings. The Labute approximate surface area is 166 Å². The summed E-state index contributed by atoms with van der Waals surface area (Å²) < 4.78 is 0. The van der Waals surface area contributed by atoms with Gasteiger partial charge in [-0.25, -0.2) is 0 Å². The Morgan fingerprint density at radius 3 is 2.07 bits per heavy atom. The molecule has 0 spiro atoms. The number of fused-ring (bicyclic) bond motifs is 3. The molecule has 0 aliphatic carbocycles. The fourth-order valence-electron chi connectivity index (χ4n) is 4.55. The zero-order valence-electron chi connectivity index (χ0n) is 15.7. The second kappa shape index (κ2) is 5.55. The molecule has 4 aromatic carbocycles. The molecule has 6 rings (SSSR count). The van der Waals surface area contributed by atoms with Gasteiger partial charge in [0.2, 0.25) is 0 Å². The Bertz CT molecular complexity index is 1490. The van der Waals surface area contributed by atoms with Gasteiger partial charge in [-0.1, -0.05) is 54.6 Å². The summed E-state index contributed by atoms with van der Waals surface area (Å²) in [5.41, 5.74) is 5.36. The van der Waals surface area contributed by atoms with E-state index < -0.39 is 0 Å². The van der Waals surface area contributed by atoms with Crippen LogP contribution in [0.4, 0.5) is 0 Å². The second-order valence-corrected chi connectivity index (χ2v) is 7.46. The van der Waals surface area contributed by atoms with Gasteiger partial charge in [0.05, 0.1) is 5.52 Å². The Hall–Kier alpha value is -3.92. The second-order valence-electron chi connectivity index (χ2n) is 7.46. The lowest BCUT2D eigenvalue weighted by Gasteiger charge is -2.24. The highest BCUT2D eigenvalue weighted by Crippen LogP contribution is 2.39. The molecule has 4 nitrogen and oxygen atoms in total. The summed E-state index contributed by atoms with van der Waals surface area (Å²) in [5.74, 6) is -0.511. The van der Waals surface area contributed by atoms with Crippen LogP contribution in [-0.2, 0) is 0 Å². The molecule has 0 saturated carbocycles. The molecule has 0 radical (unpaired) electrons. The van der Waals surface area contributed by atoms with Crippen molar-refractivity contribution in [2.24, 2.45) is 0 Å². The minimum Gasteiger partial charge on any atom is -0.354 e. The van der Waals surface area contributed by atoms with Crippen LogP contribution >= 0.6 is 0 Å². The van der Waals surface area contributed by atoms with Crippen LogP contribution in [0.1, 0.15) is 20.7 Å². The van der Waals surface area contributed by atoms with Crippen LogP contribution in [-0.4, -0.2) is 28.7 Å². The number of nitrogens with zero attached hydrogens (tertiary/aromatic N) is 1. The molecule has 29 heavy (non-hydrogen) atoms. The van der Waals surface area contributed by atoms with Crippen LogP contribution in [0.25, 0.3) is 43.7 Å². The number of imide groups is 1. The normalized spacial score (nSPS) is 13.8. The maximum absolute atomic E-state index is 12.7. The standard InChI is InChI=1S/C25H16N2O2/c1-27-24(28)19-10-4-7-16-14(12-13-20(22(16)19)25(27)29)17-8-5-9-18-15-6-2-3-11-21(15)26-23(17)18/h2-13,26H,1H3. The molecule has 2 amide bonds. The molecule has 0 fully saturated rings. The summed E-state index contributed by atoms with van der Waals surface area (Å²) in [6.07, 6.45) is 0. The largest absolute Gasteiger partial charge is 0.354 e. The van der Waals surface area contributed by atoms with Crippen molar-refractivity contribution in [3.05, 3.63) is 83.9 Å². The maximum Gasteiger partial charge on any atom is 0.261 e. The Morgan fingerprint density at radius 1 is 0.621 bits per heavy atom. The highest BCUT2D eigenvalue weighted by molar-refractivity contribution is 6.27. The van der Waals surface area contributed by atoms with Crippen molar-refractivity contribution in [3.63, 3.8) is 0 Å². The number of para-hydroxylation sites is 2. The molecule has 2 heterocycles. The Morgan fingerprint density at radius 2 is 1.24 bits per heavy atom. The number of nitrogens with one attached hydrogen (secondary N) is 1. The number of carbonyl (C=O) groups excluding carboxylic acids is 2. The first-order chi connectivity index (χ1) is 14.1. The van der Waals surface area contributed by atoms with E-state index in [1.54, 1.807) is 6.07 Å². The van der Waals surface area contributed by atoms with Crippen molar-refractivity contribution in [1.29, 1.82) is 0 Å². The van der Waals surface area contributed by atoms with E-state index in [4.69, 9.17) is 0 Å². The summed E-state index contributed by atoms with van der Waals surface area (Å²) in [7, 11) is 1.53. The number of aromatic nitrogens is 1. The third-order valence-corrected chi connectivity index (χ3v) is 5.94. The van der Waals surface area contributed by atoms with Gasteiger partial charge in [-0.2, -0.15) is 0 Å². The van der Waals surface area contributed by atoms with Crippen molar-refractivity contribution in [2.75, 3.05) is 7.05 Å². The predicted molar refractivity (Wildman–Crippen MR) is 115 cm³/mol. The molecule has 4 heteroatoms. The van der Waals surface area contributed by atoms with Crippen LogP contribution < -0.4 is 0 Å². The minimum absolute atomic E-state index is 0.255. The summed E-state index contributed by atoms with van der Waals surface area (Å²) in [4.78, 5) is 30.1. The molecule has 0 atom stereocenters. The summed E-state index contributed by atoms with van der Waals surface area (Å²) in [5, 5.41) is 4.00. The highest BCUT2D eigenvalue weighted by Gasteiger charge is 2.30. The third-order valence-electron chi connectivity index (χ3n) is 5.94. The molecule has 0 bridgehead atoms. The average molecular weight is 376 g/mol. The number of amides is 2. The quantitative estimate of drug-likeness (QED) is 0.400. The molecule has 1 aliphatic heterocycles. The monoisotopic (exact) mass is 376 g/mol. The SMILES string of the molecule is CN1C(=O)c2cccc3c(-c4cccc5c4[nH]c4ccccc45)ccc(c23)C1=O. The lowest BCUT2D eigenvalue weighted by Crippen LogP contribution is -2.36. The molecule has 0 unspecified atom stereocenters. The summed E-state index contributed by atoms with van der Waals surface area (Å²) in [6, 6.07) is 24.0. The Balaban J connectivity index is 1.73. The van der Waals surface area contributed by atoms with Gasteiger partial charge in [-0.3, -0.25) is 14.5 Å². The number of hydrogen-bond acceptors (Lipinski definition) is 2. The van der Waals surface area contributed by atoms with E-state index >= 15 is 0 Å². The van der Waals surface area contributed by atoms with E-state index in [1.165, 1.54) is 17.3 Å². The minimum atomic E-state index is -0.255. The number of H-pyrrole nitrogens is 1. The first-order valence-corrected chi connectivity index (χ1v) is 9.53. The van der Waals surface area contributed by atoms with Crippen molar-refractivity contribution in [3.8, 4) is 11.1 Å². The molecule has 138 valence electrons. The average Bonchev–Trinajstić information content (AvgIpc) is 3.14. The van der Waals surface area contributed by atoms with E-state index in [2.05, 4.69) is 35.3 Å². The number of carbonyl (C=O) groups is 2. The van der Waals surface area contributed by atoms with E-state index in [-0.39, 0.29) is 11.8 Å². The maximum atomic E-state index is 12.7. The van der Waals surface area contributed by atoms with Crippen LogP contribution in [0.3, 0.4) is 0 Å². The van der Waals surface area contributed by atoms with Gasteiger partial charge in [0.15, 0.2) is 0 Å². The summed E-state index contributed by atoms with van der Waals surface area (Å²) >= 11 is 0. The van der Waals surface area contributed by atoms with Crippen LogP contribution in [0.2, 0.25) is 0 Å². The van der Waals surface area contributed by atoms with E-state index in [0.717, 1.165) is 38.3 Å². The first-order valence-electron chi connectivity index (χ1n) is 9.53. The van der Waals surface area contributed by atoms with Crippen molar-refractivity contribution in [1.82, 2.24) is 9.88 Å². The van der Waals surface area contributed by atoms with E-state index in [1.807, 2.05) is 36.4 Å². The fraction of sp³-hybridized carbons (Fsp3) is 0.0400. The van der Waals surface area contributed by atoms with Gasteiger partial charge in [0.1, 0.15) is 0 Å². The number of aromatic amines is 1. The van der Waals surface area contributed by atoms with Gasteiger partial charge >= 0.3 is 0 Å².